The predicted octanol–water partition coefficient (Wildman–Crippen LogP) is 4.96. The van der Waals surface area contributed by atoms with Gasteiger partial charge in [-0.05, 0) is 61.7 Å². The van der Waals surface area contributed by atoms with Crippen LogP contribution >= 0.6 is 11.6 Å². The van der Waals surface area contributed by atoms with E-state index >= 15 is 0 Å². The molecule has 0 radical (unpaired) electrons. The second-order valence-electron chi connectivity index (χ2n) is 5.35. The molecular formula is C18H22ClN. The van der Waals surface area contributed by atoms with Gasteiger partial charge in [0.2, 0.25) is 0 Å². The summed E-state index contributed by atoms with van der Waals surface area (Å²) in [6.07, 6.45) is 0. The van der Waals surface area contributed by atoms with E-state index in [1.54, 1.807) is 0 Å². The van der Waals surface area contributed by atoms with Crippen molar-refractivity contribution in [2.45, 2.75) is 33.7 Å². The Morgan fingerprint density at radius 2 is 1.55 bits per heavy atom. The van der Waals surface area contributed by atoms with Gasteiger partial charge in [-0.15, -0.1) is 0 Å². The highest BCUT2D eigenvalue weighted by Gasteiger charge is 2.17. The Hall–Kier alpha value is -1.31. The third-order valence-corrected chi connectivity index (χ3v) is 3.89. The highest BCUT2D eigenvalue weighted by molar-refractivity contribution is 6.30. The monoisotopic (exact) mass is 287 g/mol. The van der Waals surface area contributed by atoms with Gasteiger partial charge in [0.1, 0.15) is 0 Å². The van der Waals surface area contributed by atoms with Gasteiger partial charge in [-0.2, -0.15) is 0 Å². The quantitative estimate of drug-likeness (QED) is 0.838. The Bertz CT molecular complexity index is 564. The van der Waals surface area contributed by atoms with Crippen molar-refractivity contribution in [2.24, 2.45) is 0 Å². The van der Waals surface area contributed by atoms with E-state index in [9.17, 15) is 0 Å². The summed E-state index contributed by atoms with van der Waals surface area (Å²) in [5.74, 6) is 0. The Kier molecular flexibility index (Phi) is 4.85. The number of hydrogen-bond donors (Lipinski definition) is 1. The van der Waals surface area contributed by atoms with Crippen LogP contribution in [-0.4, -0.2) is 6.54 Å². The smallest absolute Gasteiger partial charge is 0.0581 e. The summed E-state index contributed by atoms with van der Waals surface area (Å²) in [5.41, 5.74) is 6.62. The lowest BCUT2D eigenvalue weighted by Crippen LogP contribution is -2.23. The van der Waals surface area contributed by atoms with Crippen LogP contribution in [0.3, 0.4) is 0 Å². The van der Waals surface area contributed by atoms with E-state index in [2.05, 4.69) is 57.3 Å². The van der Waals surface area contributed by atoms with E-state index in [0.29, 0.717) is 0 Å². The van der Waals surface area contributed by atoms with E-state index < -0.39 is 0 Å². The predicted molar refractivity (Wildman–Crippen MR) is 87.6 cm³/mol. The molecule has 106 valence electrons. The Labute approximate surface area is 127 Å². The molecule has 2 rings (SSSR count). The third-order valence-electron chi connectivity index (χ3n) is 3.64. The van der Waals surface area contributed by atoms with E-state index in [1.165, 1.54) is 27.8 Å². The first-order chi connectivity index (χ1) is 9.52. The fourth-order valence-corrected chi connectivity index (χ4v) is 3.02. The minimum atomic E-state index is 0.220. The number of nitrogens with one attached hydrogen (secondary N) is 1. The van der Waals surface area contributed by atoms with E-state index in [0.717, 1.165) is 11.6 Å². The van der Waals surface area contributed by atoms with Gasteiger partial charge < -0.3 is 5.32 Å². The molecule has 2 aromatic carbocycles. The first kappa shape index (κ1) is 15.1. The van der Waals surface area contributed by atoms with Crippen molar-refractivity contribution in [3.05, 3.63) is 69.2 Å². The number of hydrogen-bond acceptors (Lipinski definition) is 1. The molecule has 0 aliphatic heterocycles. The molecule has 0 aliphatic carbocycles. The highest BCUT2D eigenvalue weighted by atomic mass is 35.5. The van der Waals surface area contributed by atoms with Crippen LogP contribution in [0.4, 0.5) is 0 Å². The van der Waals surface area contributed by atoms with Gasteiger partial charge >= 0.3 is 0 Å². The summed E-state index contributed by atoms with van der Waals surface area (Å²) in [5, 5.41) is 4.37. The molecule has 1 N–H and O–H groups in total. The molecule has 0 heterocycles. The summed E-state index contributed by atoms with van der Waals surface area (Å²) in [6.45, 7) is 9.60. The maximum Gasteiger partial charge on any atom is 0.0581 e. The molecule has 0 amide bonds. The van der Waals surface area contributed by atoms with Crippen molar-refractivity contribution in [2.75, 3.05) is 6.54 Å². The largest absolute Gasteiger partial charge is 0.307 e. The molecule has 20 heavy (non-hydrogen) atoms. The van der Waals surface area contributed by atoms with Gasteiger partial charge in [0.05, 0.1) is 6.04 Å². The van der Waals surface area contributed by atoms with Crippen LogP contribution in [0.1, 0.15) is 40.8 Å². The fraction of sp³-hybridized carbons (Fsp3) is 0.333. The molecule has 0 saturated carbocycles. The van der Waals surface area contributed by atoms with Gasteiger partial charge in [0, 0.05) is 5.02 Å². The van der Waals surface area contributed by atoms with E-state index in [-0.39, 0.29) is 6.04 Å². The average molecular weight is 288 g/mol. The molecule has 0 spiro atoms. The zero-order valence-corrected chi connectivity index (χ0v) is 13.4. The molecule has 1 unspecified atom stereocenters. The number of benzene rings is 2. The zero-order valence-electron chi connectivity index (χ0n) is 12.6. The lowest BCUT2D eigenvalue weighted by Gasteiger charge is -2.23. The normalized spacial score (nSPS) is 12.4. The molecule has 1 atom stereocenters. The van der Waals surface area contributed by atoms with Gasteiger partial charge in [0.25, 0.3) is 0 Å². The summed E-state index contributed by atoms with van der Waals surface area (Å²) >= 11 is 6.00. The van der Waals surface area contributed by atoms with Crippen LogP contribution in [0.25, 0.3) is 0 Å². The lowest BCUT2D eigenvalue weighted by molar-refractivity contribution is 0.624. The standard InChI is InChI=1S/C18H22ClN/c1-5-20-18(15-6-8-16(19)9-7-15)17-13(3)10-12(2)11-14(17)4/h6-11,18,20H,5H2,1-4H3. The number of aryl methyl sites for hydroxylation is 3. The Balaban J connectivity index is 2.51. The first-order valence-corrected chi connectivity index (χ1v) is 7.47. The van der Waals surface area contributed by atoms with Gasteiger partial charge in [0.15, 0.2) is 0 Å². The van der Waals surface area contributed by atoms with Crippen LogP contribution in [0, 0.1) is 20.8 Å². The molecular weight excluding hydrogens is 266 g/mol. The zero-order chi connectivity index (χ0) is 14.7. The fourth-order valence-electron chi connectivity index (χ4n) is 2.89. The van der Waals surface area contributed by atoms with Gasteiger partial charge in [-0.25, -0.2) is 0 Å². The van der Waals surface area contributed by atoms with Crippen molar-refractivity contribution in [1.29, 1.82) is 0 Å². The summed E-state index contributed by atoms with van der Waals surface area (Å²) in [6, 6.07) is 12.9. The average Bonchev–Trinajstić information content (AvgIpc) is 2.37. The summed E-state index contributed by atoms with van der Waals surface area (Å²) in [7, 11) is 0. The first-order valence-electron chi connectivity index (χ1n) is 7.09. The number of rotatable bonds is 4. The molecule has 0 saturated heterocycles. The van der Waals surface area contributed by atoms with Gasteiger partial charge in [-0.3, -0.25) is 0 Å². The Morgan fingerprint density at radius 3 is 2.05 bits per heavy atom. The van der Waals surface area contributed by atoms with E-state index in [4.69, 9.17) is 11.6 Å². The second kappa shape index (κ2) is 6.43. The minimum Gasteiger partial charge on any atom is -0.307 e. The molecule has 2 heteroatoms. The van der Waals surface area contributed by atoms with Crippen LogP contribution in [0.5, 0.6) is 0 Å². The van der Waals surface area contributed by atoms with Crippen molar-refractivity contribution in [3.8, 4) is 0 Å². The molecule has 0 fully saturated rings. The maximum absolute atomic E-state index is 6.00. The summed E-state index contributed by atoms with van der Waals surface area (Å²) < 4.78 is 0. The topological polar surface area (TPSA) is 12.0 Å². The van der Waals surface area contributed by atoms with Crippen molar-refractivity contribution < 1.29 is 0 Å². The van der Waals surface area contributed by atoms with Crippen molar-refractivity contribution >= 4 is 11.6 Å². The summed E-state index contributed by atoms with van der Waals surface area (Å²) in [4.78, 5) is 0. The lowest BCUT2D eigenvalue weighted by atomic mass is 9.90. The molecule has 0 aromatic heterocycles. The van der Waals surface area contributed by atoms with Gasteiger partial charge in [-0.1, -0.05) is 48.4 Å². The second-order valence-corrected chi connectivity index (χ2v) is 5.79. The number of halogens is 1. The van der Waals surface area contributed by atoms with E-state index in [1.807, 2.05) is 12.1 Å². The van der Waals surface area contributed by atoms with Crippen molar-refractivity contribution in [3.63, 3.8) is 0 Å². The molecule has 1 nitrogen and oxygen atoms in total. The van der Waals surface area contributed by atoms with Crippen LogP contribution in [0.15, 0.2) is 36.4 Å². The molecule has 0 aliphatic rings. The SMILES string of the molecule is CCNC(c1ccc(Cl)cc1)c1c(C)cc(C)cc1C. The molecule has 0 bridgehead atoms. The van der Waals surface area contributed by atoms with Crippen molar-refractivity contribution in [1.82, 2.24) is 5.32 Å². The van der Waals surface area contributed by atoms with Crippen LogP contribution < -0.4 is 5.32 Å². The Morgan fingerprint density at radius 1 is 1.00 bits per heavy atom. The maximum atomic E-state index is 6.00. The third kappa shape index (κ3) is 3.23. The van der Waals surface area contributed by atoms with Crippen LogP contribution in [-0.2, 0) is 0 Å². The van der Waals surface area contributed by atoms with Crippen LogP contribution in [0.2, 0.25) is 5.02 Å². The minimum absolute atomic E-state index is 0.220. The highest BCUT2D eigenvalue weighted by Crippen LogP contribution is 2.29. The molecule has 2 aromatic rings.